The number of carbonyl (C=O) groups excluding carboxylic acids is 1. The molecule has 0 aliphatic carbocycles. The second kappa shape index (κ2) is 4.82. The van der Waals surface area contributed by atoms with Gasteiger partial charge in [0.2, 0.25) is 0 Å². The Bertz CT molecular complexity index is 489. The molecule has 0 aromatic carbocycles. The zero-order chi connectivity index (χ0) is 12.3. The fourth-order valence-corrected chi connectivity index (χ4v) is 1.54. The van der Waals surface area contributed by atoms with Gasteiger partial charge in [0.25, 0.3) is 0 Å². The van der Waals surface area contributed by atoms with E-state index in [0.717, 1.165) is 11.6 Å². The molecule has 0 aliphatic heterocycles. The lowest BCUT2D eigenvalue weighted by Gasteiger charge is -2.16. The van der Waals surface area contributed by atoms with Crippen molar-refractivity contribution in [3.05, 3.63) is 48.0 Å². The van der Waals surface area contributed by atoms with Gasteiger partial charge in [0.1, 0.15) is 11.6 Å². The van der Waals surface area contributed by atoms with Gasteiger partial charge in [-0.2, -0.15) is 0 Å². The average molecular weight is 230 g/mol. The molecule has 0 atom stereocenters. The van der Waals surface area contributed by atoms with Crippen LogP contribution in [0.5, 0.6) is 0 Å². The maximum atomic E-state index is 11.1. The molecule has 2 aromatic rings. The first-order chi connectivity index (χ1) is 8.16. The summed E-state index contributed by atoms with van der Waals surface area (Å²) in [6.07, 6.45) is 3.24. The molecule has 0 spiro atoms. The van der Waals surface area contributed by atoms with E-state index >= 15 is 0 Å². The van der Waals surface area contributed by atoms with Gasteiger partial charge in [-0.15, -0.1) is 0 Å². The fraction of sp³-hybridized carbons (Fsp3) is 0.231. The second-order valence-electron chi connectivity index (χ2n) is 3.90. The van der Waals surface area contributed by atoms with E-state index in [9.17, 15) is 4.79 Å². The normalized spacial score (nSPS) is 10.2. The van der Waals surface area contributed by atoms with Crippen molar-refractivity contribution in [2.75, 3.05) is 11.9 Å². The smallest absolute Gasteiger partial charge is 0.161 e. The largest absolute Gasteiger partial charge is 0.467 e. The second-order valence-corrected chi connectivity index (χ2v) is 3.90. The summed E-state index contributed by atoms with van der Waals surface area (Å²) in [5, 5.41) is 0. The van der Waals surface area contributed by atoms with Gasteiger partial charge in [-0.3, -0.25) is 4.79 Å². The molecule has 0 fully saturated rings. The van der Waals surface area contributed by atoms with Crippen molar-refractivity contribution < 1.29 is 9.21 Å². The number of furan rings is 1. The van der Waals surface area contributed by atoms with E-state index in [1.54, 1.807) is 18.5 Å². The van der Waals surface area contributed by atoms with E-state index in [1.165, 1.54) is 6.92 Å². The maximum absolute atomic E-state index is 11.1. The standard InChI is InChI=1S/C13H14N2O2/c1-10(16)11-5-6-13(14-8-11)15(2)9-12-4-3-7-17-12/h3-8H,9H2,1-2H3. The van der Waals surface area contributed by atoms with Gasteiger partial charge in [0, 0.05) is 18.8 Å². The lowest BCUT2D eigenvalue weighted by Crippen LogP contribution is -2.17. The molecule has 4 nitrogen and oxygen atoms in total. The molecule has 0 unspecified atom stereocenters. The monoisotopic (exact) mass is 230 g/mol. The van der Waals surface area contributed by atoms with Gasteiger partial charge in [-0.1, -0.05) is 0 Å². The number of ketones is 1. The van der Waals surface area contributed by atoms with E-state index < -0.39 is 0 Å². The molecule has 0 bridgehead atoms. The highest BCUT2D eigenvalue weighted by atomic mass is 16.3. The van der Waals surface area contributed by atoms with Crippen LogP contribution in [-0.2, 0) is 6.54 Å². The third kappa shape index (κ3) is 2.72. The van der Waals surface area contributed by atoms with Crippen molar-refractivity contribution in [2.45, 2.75) is 13.5 Å². The number of nitrogens with zero attached hydrogens (tertiary/aromatic N) is 2. The van der Waals surface area contributed by atoms with Crippen molar-refractivity contribution >= 4 is 11.6 Å². The van der Waals surface area contributed by atoms with Crippen LogP contribution in [0.1, 0.15) is 23.0 Å². The summed E-state index contributed by atoms with van der Waals surface area (Å²) in [6.45, 7) is 2.18. The zero-order valence-electron chi connectivity index (χ0n) is 9.88. The molecule has 0 radical (unpaired) electrons. The topological polar surface area (TPSA) is 46.3 Å². The Morgan fingerprint density at radius 2 is 2.24 bits per heavy atom. The molecule has 17 heavy (non-hydrogen) atoms. The van der Waals surface area contributed by atoms with Crippen LogP contribution in [0.3, 0.4) is 0 Å². The van der Waals surface area contributed by atoms with Crippen molar-refractivity contribution in [1.82, 2.24) is 4.98 Å². The van der Waals surface area contributed by atoms with Crippen LogP contribution in [0.2, 0.25) is 0 Å². The van der Waals surface area contributed by atoms with Gasteiger partial charge in [-0.25, -0.2) is 4.98 Å². The molecule has 0 N–H and O–H groups in total. The molecule has 4 heteroatoms. The van der Waals surface area contributed by atoms with E-state index in [-0.39, 0.29) is 5.78 Å². The molecular weight excluding hydrogens is 216 g/mol. The third-order valence-electron chi connectivity index (χ3n) is 2.52. The lowest BCUT2D eigenvalue weighted by atomic mass is 10.2. The summed E-state index contributed by atoms with van der Waals surface area (Å²) >= 11 is 0. The quantitative estimate of drug-likeness (QED) is 0.757. The van der Waals surface area contributed by atoms with Gasteiger partial charge >= 0.3 is 0 Å². The molecule has 88 valence electrons. The minimum atomic E-state index is 0.0257. The predicted octanol–water partition coefficient (Wildman–Crippen LogP) is 2.51. The highest BCUT2D eigenvalue weighted by molar-refractivity contribution is 5.93. The van der Waals surface area contributed by atoms with Crippen LogP contribution < -0.4 is 4.90 Å². The van der Waals surface area contributed by atoms with Gasteiger partial charge in [-0.05, 0) is 31.2 Å². The Balaban J connectivity index is 2.09. The molecule has 0 amide bonds. The predicted molar refractivity (Wildman–Crippen MR) is 65.1 cm³/mol. The number of anilines is 1. The molecule has 2 aromatic heterocycles. The Labute approximate surface area is 99.9 Å². The Hall–Kier alpha value is -2.10. The summed E-state index contributed by atoms with van der Waals surface area (Å²) in [4.78, 5) is 17.3. The van der Waals surface area contributed by atoms with E-state index in [4.69, 9.17) is 4.42 Å². The maximum Gasteiger partial charge on any atom is 0.161 e. The zero-order valence-corrected chi connectivity index (χ0v) is 9.88. The van der Waals surface area contributed by atoms with E-state index in [0.29, 0.717) is 12.1 Å². The minimum absolute atomic E-state index is 0.0257. The minimum Gasteiger partial charge on any atom is -0.467 e. The number of hydrogen-bond donors (Lipinski definition) is 0. The third-order valence-corrected chi connectivity index (χ3v) is 2.52. The first-order valence-corrected chi connectivity index (χ1v) is 5.37. The van der Waals surface area contributed by atoms with Crippen molar-refractivity contribution in [2.24, 2.45) is 0 Å². The molecule has 0 saturated carbocycles. The first-order valence-electron chi connectivity index (χ1n) is 5.37. The summed E-state index contributed by atoms with van der Waals surface area (Å²) in [7, 11) is 1.93. The number of pyridine rings is 1. The molecular formula is C13H14N2O2. The van der Waals surface area contributed by atoms with Gasteiger partial charge < -0.3 is 9.32 Å². The summed E-state index contributed by atoms with van der Waals surface area (Å²) in [6, 6.07) is 7.39. The van der Waals surface area contributed by atoms with Crippen LogP contribution in [0.4, 0.5) is 5.82 Å². The van der Waals surface area contributed by atoms with Gasteiger partial charge in [0.15, 0.2) is 5.78 Å². The number of rotatable bonds is 4. The highest BCUT2D eigenvalue weighted by Crippen LogP contribution is 2.13. The van der Waals surface area contributed by atoms with Crippen molar-refractivity contribution in [3.8, 4) is 0 Å². The Morgan fingerprint density at radius 1 is 1.41 bits per heavy atom. The fourth-order valence-electron chi connectivity index (χ4n) is 1.54. The summed E-state index contributed by atoms with van der Waals surface area (Å²) in [5.41, 5.74) is 0.625. The molecule has 2 heterocycles. The summed E-state index contributed by atoms with van der Waals surface area (Å²) in [5.74, 6) is 1.72. The van der Waals surface area contributed by atoms with Crippen LogP contribution in [0, 0.1) is 0 Å². The number of hydrogen-bond acceptors (Lipinski definition) is 4. The Kier molecular flexibility index (Phi) is 3.23. The van der Waals surface area contributed by atoms with Crippen LogP contribution >= 0.6 is 0 Å². The first kappa shape index (κ1) is 11.4. The van der Waals surface area contributed by atoms with Crippen LogP contribution in [0.25, 0.3) is 0 Å². The summed E-state index contributed by atoms with van der Waals surface area (Å²) < 4.78 is 5.26. The van der Waals surface area contributed by atoms with E-state index in [2.05, 4.69) is 4.98 Å². The average Bonchev–Trinajstić information content (AvgIpc) is 2.82. The van der Waals surface area contributed by atoms with Gasteiger partial charge in [0.05, 0.1) is 12.8 Å². The lowest BCUT2D eigenvalue weighted by molar-refractivity contribution is 0.101. The van der Waals surface area contributed by atoms with Crippen LogP contribution in [-0.4, -0.2) is 17.8 Å². The van der Waals surface area contributed by atoms with E-state index in [1.807, 2.05) is 30.1 Å². The Morgan fingerprint density at radius 3 is 2.76 bits per heavy atom. The highest BCUT2D eigenvalue weighted by Gasteiger charge is 2.06. The number of aromatic nitrogens is 1. The molecule has 0 saturated heterocycles. The number of carbonyl (C=O) groups is 1. The molecule has 2 rings (SSSR count). The van der Waals surface area contributed by atoms with Crippen LogP contribution in [0.15, 0.2) is 41.1 Å². The number of Topliss-reactive ketones (excluding diaryl/α,β-unsaturated/α-hetero) is 1. The molecule has 0 aliphatic rings. The van der Waals surface area contributed by atoms with Crippen molar-refractivity contribution in [1.29, 1.82) is 0 Å². The van der Waals surface area contributed by atoms with Crippen molar-refractivity contribution in [3.63, 3.8) is 0 Å². The SMILES string of the molecule is CC(=O)c1ccc(N(C)Cc2ccco2)nc1.